The third-order valence-electron chi connectivity index (χ3n) is 2.73. The second-order valence-electron chi connectivity index (χ2n) is 6.36. The molecular weight excluding hydrogens is 208 g/mol. The molecule has 2 atom stereocenters. The average Bonchev–Trinajstić information content (AvgIpc) is 1.92. The van der Waals surface area contributed by atoms with E-state index in [2.05, 4.69) is 0 Å². The van der Waals surface area contributed by atoms with Crippen LogP contribution in [-0.4, -0.2) is 22.2 Å². The summed E-state index contributed by atoms with van der Waals surface area (Å²) in [4.78, 5) is 22.6. The van der Waals surface area contributed by atoms with E-state index in [0.717, 1.165) is 0 Å². The maximum absolute atomic E-state index is 11.3. The second kappa shape index (κ2) is 4.44. The summed E-state index contributed by atoms with van der Waals surface area (Å²) in [6.07, 6.45) is 0. The molecular formula is C12H22O4. The molecule has 0 heterocycles. The molecule has 0 radical (unpaired) electrons. The fraction of sp³-hybridized carbons (Fsp3) is 0.833. The van der Waals surface area contributed by atoms with E-state index in [1.807, 2.05) is 0 Å². The van der Waals surface area contributed by atoms with Crippen LogP contribution in [0.15, 0.2) is 0 Å². The lowest BCUT2D eigenvalue weighted by Crippen LogP contribution is -2.45. The Kier molecular flexibility index (Phi) is 4.14. The summed E-state index contributed by atoms with van der Waals surface area (Å²) in [5.41, 5.74) is -1.16. The number of hydrogen-bond acceptors (Lipinski definition) is 2. The lowest BCUT2D eigenvalue weighted by atomic mass is 9.64. The van der Waals surface area contributed by atoms with Crippen LogP contribution in [-0.2, 0) is 9.59 Å². The molecule has 0 saturated carbocycles. The highest BCUT2D eigenvalue weighted by molar-refractivity contribution is 5.81. The highest BCUT2D eigenvalue weighted by atomic mass is 16.4. The van der Waals surface area contributed by atoms with Crippen LogP contribution in [0.2, 0.25) is 0 Å². The van der Waals surface area contributed by atoms with Crippen LogP contribution < -0.4 is 0 Å². The van der Waals surface area contributed by atoms with Crippen molar-refractivity contribution in [2.24, 2.45) is 22.7 Å². The molecule has 0 aliphatic carbocycles. The topological polar surface area (TPSA) is 74.6 Å². The van der Waals surface area contributed by atoms with Crippen molar-refractivity contribution in [3.63, 3.8) is 0 Å². The first kappa shape index (κ1) is 14.9. The minimum atomic E-state index is -1.05. The van der Waals surface area contributed by atoms with Crippen molar-refractivity contribution in [3.8, 4) is 0 Å². The lowest BCUT2D eigenvalue weighted by Gasteiger charge is -2.38. The van der Waals surface area contributed by atoms with Crippen LogP contribution in [0.5, 0.6) is 0 Å². The highest BCUT2D eigenvalue weighted by Gasteiger charge is 2.47. The van der Waals surface area contributed by atoms with Gasteiger partial charge >= 0.3 is 11.9 Å². The van der Waals surface area contributed by atoms with Gasteiger partial charge in [-0.1, -0.05) is 41.5 Å². The van der Waals surface area contributed by atoms with Crippen LogP contribution in [0.4, 0.5) is 0 Å². The second-order valence-corrected chi connectivity index (χ2v) is 6.36. The lowest BCUT2D eigenvalue weighted by molar-refractivity contribution is -0.163. The standard InChI is InChI=1S/C12H22O4/c1-11(2,3)7(9(13)14)8(10(15)16)12(4,5)6/h7-8H,1-6H3,(H,13,14)(H,15,16). The van der Waals surface area contributed by atoms with Crippen molar-refractivity contribution in [2.75, 3.05) is 0 Å². The Morgan fingerprint density at radius 3 is 1.00 bits per heavy atom. The van der Waals surface area contributed by atoms with Gasteiger partial charge in [-0.15, -0.1) is 0 Å². The number of rotatable bonds is 3. The molecule has 4 nitrogen and oxygen atoms in total. The van der Waals surface area contributed by atoms with Gasteiger partial charge in [0.05, 0.1) is 11.8 Å². The van der Waals surface area contributed by atoms with Crippen molar-refractivity contribution in [1.29, 1.82) is 0 Å². The van der Waals surface area contributed by atoms with E-state index in [0.29, 0.717) is 0 Å². The van der Waals surface area contributed by atoms with Crippen LogP contribution in [0.3, 0.4) is 0 Å². The molecule has 0 aliphatic heterocycles. The van der Waals surface area contributed by atoms with E-state index in [4.69, 9.17) is 0 Å². The molecule has 94 valence electrons. The van der Waals surface area contributed by atoms with Crippen molar-refractivity contribution in [3.05, 3.63) is 0 Å². The highest BCUT2D eigenvalue weighted by Crippen LogP contribution is 2.41. The Morgan fingerprint density at radius 1 is 0.750 bits per heavy atom. The zero-order valence-corrected chi connectivity index (χ0v) is 10.9. The molecule has 0 aromatic carbocycles. The number of carbonyl (C=O) groups is 2. The number of aliphatic carboxylic acids is 2. The summed E-state index contributed by atoms with van der Waals surface area (Å²) >= 11 is 0. The van der Waals surface area contributed by atoms with Crippen molar-refractivity contribution in [2.45, 2.75) is 41.5 Å². The zero-order chi connectivity index (χ0) is 13.3. The Bertz CT molecular complexity index is 250. The molecule has 0 aromatic rings. The monoisotopic (exact) mass is 230 g/mol. The van der Waals surface area contributed by atoms with E-state index in [1.54, 1.807) is 41.5 Å². The molecule has 0 saturated heterocycles. The van der Waals surface area contributed by atoms with Crippen molar-refractivity contribution >= 4 is 11.9 Å². The number of carboxylic acid groups (broad SMARTS) is 2. The molecule has 2 N–H and O–H groups in total. The number of hydrogen-bond donors (Lipinski definition) is 2. The fourth-order valence-electron chi connectivity index (χ4n) is 2.03. The van der Waals surface area contributed by atoms with Crippen molar-refractivity contribution < 1.29 is 19.8 Å². The molecule has 0 aliphatic rings. The van der Waals surface area contributed by atoms with Crippen molar-refractivity contribution in [1.82, 2.24) is 0 Å². The Balaban J connectivity index is 5.48. The van der Waals surface area contributed by atoms with Crippen LogP contribution in [0.25, 0.3) is 0 Å². The third kappa shape index (κ3) is 3.51. The SMILES string of the molecule is CC(C)(C)C(C(=O)O)C(C(=O)O)C(C)(C)C. The smallest absolute Gasteiger partial charge is 0.307 e. The summed E-state index contributed by atoms with van der Waals surface area (Å²) < 4.78 is 0. The summed E-state index contributed by atoms with van der Waals surface area (Å²) in [6.45, 7) is 10.5. The van der Waals surface area contributed by atoms with Gasteiger partial charge in [-0.25, -0.2) is 0 Å². The predicted octanol–water partition coefficient (Wildman–Crippen LogP) is 2.48. The molecule has 0 bridgehead atoms. The molecule has 2 unspecified atom stereocenters. The average molecular weight is 230 g/mol. The molecule has 0 aromatic heterocycles. The van der Waals surface area contributed by atoms with E-state index in [1.165, 1.54) is 0 Å². The first-order valence-electron chi connectivity index (χ1n) is 5.34. The minimum Gasteiger partial charge on any atom is -0.481 e. The summed E-state index contributed by atoms with van der Waals surface area (Å²) in [5.74, 6) is -3.89. The first-order valence-corrected chi connectivity index (χ1v) is 5.34. The zero-order valence-electron chi connectivity index (χ0n) is 10.9. The van der Waals surface area contributed by atoms with E-state index in [-0.39, 0.29) is 0 Å². The van der Waals surface area contributed by atoms with Gasteiger partial charge in [-0.3, -0.25) is 9.59 Å². The van der Waals surface area contributed by atoms with E-state index >= 15 is 0 Å². The van der Waals surface area contributed by atoms with Gasteiger partial charge in [0.15, 0.2) is 0 Å². The maximum Gasteiger partial charge on any atom is 0.307 e. The van der Waals surface area contributed by atoms with Gasteiger partial charge in [0.25, 0.3) is 0 Å². The molecule has 0 fully saturated rings. The molecule has 0 rings (SSSR count). The van der Waals surface area contributed by atoms with Crippen LogP contribution >= 0.6 is 0 Å². The van der Waals surface area contributed by atoms with Crippen LogP contribution in [0.1, 0.15) is 41.5 Å². The molecule has 4 heteroatoms. The Hall–Kier alpha value is -1.06. The summed E-state index contributed by atoms with van der Waals surface area (Å²) in [7, 11) is 0. The maximum atomic E-state index is 11.3. The fourth-order valence-corrected chi connectivity index (χ4v) is 2.03. The molecule has 16 heavy (non-hydrogen) atoms. The van der Waals surface area contributed by atoms with Crippen LogP contribution in [0, 0.1) is 22.7 Å². The van der Waals surface area contributed by atoms with Gasteiger partial charge in [-0.2, -0.15) is 0 Å². The summed E-state index contributed by atoms with van der Waals surface area (Å²) in [6, 6.07) is 0. The normalized spacial score (nSPS) is 16.6. The quantitative estimate of drug-likeness (QED) is 0.781. The minimum absolute atomic E-state index is 0.581. The van der Waals surface area contributed by atoms with Gasteiger partial charge in [0.1, 0.15) is 0 Å². The number of carboxylic acids is 2. The summed E-state index contributed by atoms with van der Waals surface area (Å²) in [5, 5.41) is 18.5. The first-order chi connectivity index (χ1) is 6.89. The molecule has 0 amide bonds. The Morgan fingerprint density at radius 2 is 0.938 bits per heavy atom. The van der Waals surface area contributed by atoms with Gasteiger partial charge in [0.2, 0.25) is 0 Å². The third-order valence-corrected chi connectivity index (χ3v) is 2.73. The van der Waals surface area contributed by atoms with Gasteiger partial charge in [0, 0.05) is 0 Å². The van der Waals surface area contributed by atoms with E-state index < -0.39 is 34.6 Å². The largest absolute Gasteiger partial charge is 0.481 e. The van der Waals surface area contributed by atoms with Gasteiger partial charge in [-0.05, 0) is 10.8 Å². The predicted molar refractivity (Wildman–Crippen MR) is 61.2 cm³/mol. The van der Waals surface area contributed by atoms with E-state index in [9.17, 15) is 19.8 Å². The molecule has 0 spiro atoms. The Labute approximate surface area is 96.7 Å². The van der Waals surface area contributed by atoms with Gasteiger partial charge < -0.3 is 10.2 Å².